The largest absolute Gasteiger partial charge is 0.496 e. The van der Waals surface area contributed by atoms with Gasteiger partial charge in [0.1, 0.15) is 16.7 Å². The Kier molecular flexibility index (Phi) is 2.80. The number of hydrogen-bond acceptors (Lipinski definition) is 4. The first kappa shape index (κ1) is 10.5. The summed E-state index contributed by atoms with van der Waals surface area (Å²) >= 11 is 1.44. The van der Waals surface area contributed by atoms with Crippen molar-refractivity contribution in [3.05, 3.63) is 35.2 Å². The zero-order chi connectivity index (χ0) is 11.5. The average molecular weight is 230 g/mol. The molecule has 0 aliphatic carbocycles. The summed E-state index contributed by atoms with van der Waals surface area (Å²) < 4.78 is 5.27. The molecule has 2 aromatic rings. The molecule has 3 nitrogen and oxygen atoms in total. The van der Waals surface area contributed by atoms with Gasteiger partial charge in [-0.3, -0.25) is 0 Å². The minimum Gasteiger partial charge on any atom is -0.496 e. The molecule has 0 fully saturated rings. The third-order valence-electron chi connectivity index (χ3n) is 2.21. The molecule has 2 N–H and O–H groups in total. The van der Waals surface area contributed by atoms with Crippen LogP contribution in [0.25, 0.3) is 10.4 Å². The summed E-state index contributed by atoms with van der Waals surface area (Å²) in [7, 11) is 1.61. The van der Waals surface area contributed by atoms with E-state index in [0.717, 1.165) is 16.2 Å². The van der Waals surface area contributed by atoms with Crippen LogP contribution < -0.4 is 10.5 Å². The van der Waals surface area contributed by atoms with Crippen molar-refractivity contribution >= 4 is 17.0 Å². The quantitative estimate of drug-likeness (QED) is 0.807. The lowest BCUT2D eigenvalue weighted by Crippen LogP contribution is -1.90. The number of methoxy groups -OCH3 is 1. The Hall–Kier alpha value is -1.99. The molecule has 1 heterocycles. The molecule has 1 aromatic heterocycles. The van der Waals surface area contributed by atoms with Crippen LogP contribution in [0.15, 0.2) is 30.3 Å². The molecule has 4 heteroatoms. The predicted octanol–water partition coefficient (Wildman–Crippen LogP) is 2.88. The number of nitrogens with zero attached hydrogens (tertiary/aromatic N) is 1. The zero-order valence-corrected chi connectivity index (χ0v) is 9.54. The Morgan fingerprint density at radius 2 is 2.12 bits per heavy atom. The van der Waals surface area contributed by atoms with E-state index in [1.54, 1.807) is 19.2 Å². The SMILES string of the molecule is COc1cc(N)ccc1-c1ccc(C#N)s1. The van der Waals surface area contributed by atoms with E-state index in [4.69, 9.17) is 15.7 Å². The first-order valence-corrected chi connectivity index (χ1v) is 5.50. The fourth-order valence-corrected chi connectivity index (χ4v) is 2.29. The molecule has 0 radical (unpaired) electrons. The number of rotatable bonds is 2. The number of thiophene rings is 1. The fourth-order valence-electron chi connectivity index (χ4n) is 1.45. The second-order valence-electron chi connectivity index (χ2n) is 3.24. The van der Waals surface area contributed by atoms with Crippen LogP contribution in [0.1, 0.15) is 4.88 Å². The van der Waals surface area contributed by atoms with Gasteiger partial charge in [-0.1, -0.05) is 0 Å². The van der Waals surface area contributed by atoms with Crippen molar-refractivity contribution in [2.45, 2.75) is 0 Å². The van der Waals surface area contributed by atoms with E-state index in [-0.39, 0.29) is 0 Å². The van der Waals surface area contributed by atoms with Gasteiger partial charge in [0, 0.05) is 22.2 Å². The van der Waals surface area contributed by atoms with Crippen molar-refractivity contribution in [1.82, 2.24) is 0 Å². The Balaban J connectivity index is 2.51. The summed E-state index contributed by atoms with van der Waals surface area (Å²) in [5.74, 6) is 0.728. The van der Waals surface area contributed by atoms with Crippen molar-refractivity contribution in [3.63, 3.8) is 0 Å². The maximum atomic E-state index is 8.78. The average Bonchev–Trinajstić information content (AvgIpc) is 2.77. The number of ether oxygens (including phenoxy) is 1. The topological polar surface area (TPSA) is 59.0 Å². The number of nitrogen functional groups attached to an aromatic ring is 1. The van der Waals surface area contributed by atoms with Gasteiger partial charge in [0.05, 0.1) is 7.11 Å². The van der Waals surface area contributed by atoms with Crippen LogP contribution >= 0.6 is 11.3 Å². The van der Waals surface area contributed by atoms with E-state index >= 15 is 0 Å². The third-order valence-corrected chi connectivity index (χ3v) is 3.23. The highest BCUT2D eigenvalue weighted by atomic mass is 32.1. The smallest absolute Gasteiger partial charge is 0.129 e. The van der Waals surface area contributed by atoms with E-state index in [2.05, 4.69) is 6.07 Å². The van der Waals surface area contributed by atoms with Gasteiger partial charge < -0.3 is 10.5 Å². The van der Waals surface area contributed by atoms with Gasteiger partial charge in [0.15, 0.2) is 0 Å². The van der Waals surface area contributed by atoms with E-state index in [1.165, 1.54) is 11.3 Å². The lowest BCUT2D eigenvalue weighted by molar-refractivity contribution is 0.417. The molecule has 0 aliphatic rings. The molecule has 0 unspecified atom stereocenters. The number of hydrogen-bond donors (Lipinski definition) is 1. The standard InChI is InChI=1S/C12H10N2OS/c1-15-11-6-8(14)2-4-10(11)12-5-3-9(7-13)16-12/h2-6H,14H2,1H3. The second kappa shape index (κ2) is 4.25. The van der Waals surface area contributed by atoms with Crippen molar-refractivity contribution in [1.29, 1.82) is 5.26 Å². The van der Waals surface area contributed by atoms with Gasteiger partial charge in [0.25, 0.3) is 0 Å². The Morgan fingerprint density at radius 3 is 2.75 bits per heavy atom. The molecule has 1 aromatic carbocycles. The normalized spacial score (nSPS) is 9.75. The van der Waals surface area contributed by atoms with Crippen LogP contribution in [0.5, 0.6) is 5.75 Å². The van der Waals surface area contributed by atoms with E-state index in [9.17, 15) is 0 Å². The molecule has 0 saturated heterocycles. The molecule has 0 spiro atoms. The molecular formula is C12H10N2OS. The molecule has 2 rings (SSSR count). The first-order valence-electron chi connectivity index (χ1n) is 4.68. The van der Waals surface area contributed by atoms with Crippen LogP contribution in [0, 0.1) is 11.3 Å². The number of benzene rings is 1. The maximum absolute atomic E-state index is 8.78. The molecule has 16 heavy (non-hydrogen) atoms. The van der Waals surface area contributed by atoms with Crippen LogP contribution in [0.2, 0.25) is 0 Å². The van der Waals surface area contributed by atoms with Crippen LogP contribution in [0.3, 0.4) is 0 Å². The molecule has 0 atom stereocenters. The summed E-state index contributed by atoms with van der Waals surface area (Å²) in [5, 5.41) is 8.78. The highest BCUT2D eigenvalue weighted by molar-refractivity contribution is 7.16. The first-order chi connectivity index (χ1) is 7.74. The second-order valence-corrected chi connectivity index (χ2v) is 4.32. The molecular weight excluding hydrogens is 220 g/mol. The summed E-state index contributed by atoms with van der Waals surface area (Å²) in [4.78, 5) is 1.70. The molecule has 80 valence electrons. The summed E-state index contributed by atoms with van der Waals surface area (Å²) in [6, 6.07) is 11.3. The van der Waals surface area contributed by atoms with Gasteiger partial charge in [-0.05, 0) is 24.3 Å². The minimum absolute atomic E-state index is 0.665. The number of nitriles is 1. The lowest BCUT2D eigenvalue weighted by atomic mass is 10.1. The fraction of sp³-hybridized carbons (Fsp3) is 0.0833. The van der Waals surface area contributed by atoms with Crippen LogP contribution in [0.4, 0.5) is 5.69 Å². The van der Waals surface area contributed by atoms with Gasteiger partial charge in [0.2, 0.25) is 0 Å². The third kappa shape index (κ3) is 1.86. The van der Waals surface area contributed by atoms with Crippen molar-refractivity contribution in [3.8, 4) is 22.3 Å². The molecule has 0 amide bonds. The summed E-state index contributed by atoms with van der Waals surface area (Å²) in [6.45, 7) is 0. The Bertz CT molecular complexity index is 554. The number of nitrogens with two attached hydrogens (primary N) is 1. The lowest BCUT2D eigenvalue weighted by Gasteiger charge is -2.07. The van der Waals surface area contributed by atoms with E-state index < -0.39 is 0 Å². The van der Waals surface area contributed by atoms with Gasteiger partial charge in [-0.15, -0.1) is 11.3 Å². The monoisotopic (exact) mass is 230 g/mol. The molecule has 0 saturated carbocycles. The van der Waals surface area contributed by atoms with E-state index in [0.29, 0.717) is 10.6 Å². The Labute approximate surface area is 97.7 Å². The van der Waals surface area contributed by atoms with E-state index in [1.807, 2.05) is 18.2 Å². The van der Waals surface area contributed by atoms with Crippen molar-refractivity contribution in [2.24, 2.45) is 0 Å². The van der Waals surface area contributed by atoms with Crippen molar-refractivity contribution in [2.75, 3.05) is 12.8 Å². The highest BCUT2D eigenvalue weighted by Gasteiger charge is 2.08. The maximum Gasteiger partial charge on any atom is 0.129 e. The molecule has 0 aliphatic heterocycles. The van der Waals surface area contributed by atoms with Crippen molar-refractivity contribution < 1.29 is 4.74 Å². The Morgan fingerprint density at radius 1 is 1.31 bits per heavy atom. The van der Waals surface area contributed by atoms with Gasteiger partial charge in [-0.25, -0.2) is 0 Å². The highest BCUT2D eigenvalue weighted by Crippen LogP contribution is 2.35. The van der Waals surface area contributed by atoms with Crippen LogP contribution in [-0.2, 0) is 0 Å². The van der Waals surface area contributed by atoms with Gasteiger partial charge in [-0.2, -0.15) is 5.26 Å². The number of anilines is 1. The summed E-state index contributed by atoms with van der Waals surface area (Å²) in [6.07, 6.45) is 0. The summed E-state index contributed by atoms with van der Waals surface area (Å²) in [5.41, 5.74) is 7.31. The zero-order valence-electron chi connectivity index (χ0n) is 8.73. The van der Waals surface area contributed by atoms with Crippen LogP contribution in [-0.4, -0.2) is 7.11 Å². The molecule has 0 bridgehead atoms. The van der Waals surface area contributed by atoms with Gasteiger partial charge >= 0.3 is 0 Å². The minimum atomic E-state index is 0.665. The predicted molar refractivity (Wildman–Crippen MR) is 65.4 cm³/mol.